The molecular formula is C10H17NO. The second-order valence-corrected chi connectivity index (χ2v) is 3.31. The predicted octanol–water partition coefficient (Wildman–Crippen LogP) is 1.62. The molecule has 0 saturated carbocycles. The van der Waals surface area contributed by atoms with E-state index in [1.54, 1.807) is 0 Å². The van der Waals surface area contributed by atoms with Crippen molar-refractivity contribution in [2.24, 2.45) is 0 Å². The molecule has 1 unspecified atom stereocenters. The summed E-state index contributed by atoms with van der Waals surface area (Å²) in [5.74, 6) is 0. The minimum absolute atomic E-state index is 0.179. The summed E-state index contributed by atoms with van der Waals surface area (Å²) in [6, 6.07) is 0.179. The molecule has 1 aliphatic heterocycles. The Kier molecular flexibility index (Phi) is 4.01. The van der Waals surface area contributed by atoms with Crippen LogP contribution in [0.15, 0.2) is 12.7 Å². The molecule has 68 valence electrons. The molecule has 0 aliphatic carbocycles. The lowest BCUT2D eigenvalue weighted by atomic mass is 10.0. The van der Waals surface area contributed by atoms with Crippen molar-refractivity contribution in [2.75, 3.05) is 13.1 Å². The molecule has 0 amide bonds. The largest absolute Gasteiger partial charge is 0.302 e. The lowest BCUT2D eigenvalue weighted by Gasteiger charge is -2.31. The van der Waals surface area contributed by atoms with Crippen LogP contribution in [0.4, 0.5) is 0 Å². The van der Waals surface area contributed by atoms with E-state index in [1.165, 1.54) is 12.8 Å². The van der Waals surface area contributed by atoms with Crippen LogP contribution in [-0.2, 0) is 4.79 Å². The van der Waals surface area contributed by atoms with Crippen LogP contribution < -0.4 is 0 Å². The molecule has 2 heteroatoms. The minimum atomic E-state index is 0.179. The average molecular weight is 167 g/mol. The fourth-order valence-corrected chi connectivity index (χ4v) is 1.71. The van der Waals surface area contributed by atoms with E-state index in [4.69, 9.17) is 0 Å². The van der Waals surface area contributed by atoms with Crippen LogP contribution in [-0.4, -0.2) is 30.3 Å². The van der Waals surface area contributed by atoms with Crippen molar-refractivity contribution in [3.8, 4) is 0 Å². The highest BCUT2D eigenvalue weighted by molar-refractivity contribution is 5.57. The molecule has 0 spiro atoms. The second-order valence-electron chi connectivity index (χ2n) is 3.31. The maximum Gasteiger partial charge on any atom is 0.137 e. The lowest BCUT2D eigenvalue weighted by molar-refractivity contribution is -0.113. The van der Waals surface area contributed by atoms with Crippen LogP contribution in [0.3, 0.4) is 0 Å². The number of rotatable bonds is 4. The van der Waals surface area contributed by atoms with Crippen LogP contribution >= 0.6 is 0 Å². The highest BCUT2D eigenvalue weighted by atomic mass is 16.1. The minimum Gasteiger partial charge on any atom is -0.302 e. The molecule has 0 aromatic heterocycles. The van der Waals surface area contributed by atoms with Crippen molar-refractivity contribution in [3.63, 3.8) is 0 Å². The Balaban J connectivity index is 2.35. The molecule has 0 N–H and O–H groups in total. The zero-order valence-corrected chi connectivity index (χ0v) is 7.54. The van der Waals surface area contributed by atoms with E-state index >= 15 is 0 Å². The van der Waals surface area contributed by atoms with Gasteiger partial charge in [-0.15, -0.1) is 6.58 Å². The monoisotopic (exact) mass is 167 g/mol. The van der Waals surface area contributed by atoms with Crippen LogP contribution in [0.5, 0.6) is 0 Å². The molecule has 1 fully saturated rings. The van der Waals surface area contributed by atoms with Crippen molar-refractivity contribution in [1.29, 1.82) is 0 Å². The van der Waals surface area contributed by atoms with E-state index in [9.17, 15) is 4.79 Å². The number of nitrogens with zero attached hydrogens (tertiary/aromatic N) is 1. The van der Waals surface area contributed by atoms with Gasteiger partial charge in [0.1, 0.15) is 6.29 Å². The van der Waals surface area contributed by atoms with E-state index < -0.39 is 0 Å². The van der Waals surface area contributed by atoms with Crippen molar-refractivity contribution in [1.82, 2.24) is 4.90 Å². The highest BCUT2D eigenvalue weighted by Crippen LogP contribution is 2.15. The fourth-order valence-electron chi connectivity index (χ4n) is 1.71. The van der Waals surface area contributed by atoms with Crippen LogP contribution in [0.2, 0.25) is 0 Å². The van der Waals surface area contributed by atoms with Gasteiger partial charge in [0.15, 0.2) is 0 Å². The van der Waals surface area contributed by atoms with E-state index in [2.05, 4.69) is 11.5 Å². The lowest BCUT2D eigenvalue weighted by Crippen LogP contribution is -2.40. The zero-order chi connectivity index (χ0) is 8.81. The number of hydrogen-bond donors (Lipinski definition) is 0. The first-order valence-electron chi connectivity index (χ1n) is 4.68. The summed E-state index contributed by atoms with van der Waals surface area (Å²) in [5, 5.41) is 0. The van der Waals surface area contributed by atoms with Crippen molar-refractivity contribution >= 4 is 6.29 Å². The zero-order valence-electron chi connectivity index (χ0n) is 7.54. The average Bonchev–Trinajstić information content (AvgIpc) is 2.15. The van der Waals surface area contributed by atoms with Crippen molar-refractivity contribution in [3.05, 3.63) is 12.7 Å². The Morgan fingerprint density at radius 2 is 2.33 bits per heavy atom. The first kappa shape index (κ1) is 9.46. The molecule has 12 heavy (non-hydrogen) atoms. The van der Waals surface area contributed by atoms with E-state index in [0.29, 0.717) is 0 Å². The Labute approximate surface area is 74.2 Å². The summed E-state index contributed by atoms with van der Waals surface area (Å²) in [4.78, 5) is 12.9. The van der Waals surface area contributed by atoms with Crippen molar-refractivity contribution in [2.45, 2.75) is 31.7 Å². The van der Waals surface area contributed by atoms with Gasteiger partial charge in [0.2, 0.25) is 0 Å². The summed E-state index contributed by atoms with van der Waals surface area (Å²) < 4.78 is 0. The molecule has 0 aromatic carbocycles. The third-order valence-corrected chi connectivity index (χ3v) is 2.44. The smallest absolute Gasteiger partial charge is 0.137 e. The number of hydrogen-bond acceptors (Lipinski definition) is 2. The van der Waals surface area contributed by atoms with Gasteiger partial charge in [0, 0.05) is 6.54 Å². The van der Waals surface area contributed by atoms with Gasteiger partial charge < -0.3 is 4.79 Å². The quantitative estimate of drug-likeness (QED) is 0.468. The Hall–Kier alpha value is -0.630. The van der Waals surface area contributed by atoms with Crippen molar-refractivity contribution < 1.29 is 4.79 Å². The summed E-state index contributed by atoms with van der Waals surface area (Å²) >= 11 is 0. The normalized spacial score (nSPS) is 25.2. The molecule has 1 saturated heterocycles. The molecule has 0 bridgehead atoms. The molecule has 1 aliphatic rings. The van der Waals surface area contributed by atoms with Gasteiger partial charge in [0.05, 0.1) is 6.04 Å². The van der Waals surface area contributed by atoms with Gasteiger partial charge in [-0.1, -0.05) is 12.5 Å². The van der Waals surface area contributed by atoms with Crippen LogP contribution in [0, 0.1) is 0 Å². The fraction of sp³-hybridized carbons (Fsp3) is 0.700. The Morgan fingerprint density at radius 1 is 1.50 bits per heavy atom. The first-order valence-corrected chi connectivity index (χ1v) is 4.68. The molecule has 1 heterocycles. The maximum absolute atomic E-state index is 10.7. The van der Waals surface area contributed by atoms with E-state index in [0.717, 1.165) is 32.2 Å². The number of piperidine rings is 1. The molecule has 1 atom stereocenters. The number of aldehydes is 1. The SMILES string of the molecule is C=CCCN1CCCCC1C=O. The molecular weight excluding hydrogens is 150 g/mol. The van der Waals surface area contributed by atoms with Crippen LogP contribution in [0.25, 0.3) is 0 Å². The molecule has 1 rings (SSSR count). The van der Waals surface area contributed by atoms with Gasteiger partial charge in [-0.3, -0.25) is 4.90 Å². The number of carbonyl (C=O) groups is 1. The topological polar surface area (TPSA) is 20.3 Å². The van der Waals surface area contributed by atoms with Gasteiger partial charge in [-0.05, 0) is 25.8 Å². The molecule has 2 nitrogen and oxygen atoms in total. The summed E-state index contributed by atoms with van der Waals surface area (Å²) in [7, 11) is 0. The second kappa shape index (κ2) is 5.09. The summed E-state index contributed by atoms with van der Waals surface area (Å²) in [6.45, 7) is 5.75. The van der Waals surface area contributed by atoms with Gasteiger partial charge in [0.25, 0.3) is 0 Å². The molecule has 0 aromatic rings. The van der Waals surface area contributed by atoms with Gasteiger partial charge >= 0.3 is 0 Å². The standard InChI is InChI=1S/C10H17NO/c1-2-3-7-11-8-5-4-6-10(11)9-12/h2,9-10H,1,3-8H2. The number of likely N-dealkylation sites (tertiary alicyclic amines) is 1. The van der Waals surface area contributed by atoms with E-state index in [1.807, 2.05) is 6.08 Å². The number of carbonyl (C=O) groups excluding carboxylic acids is 1. The van der Waals surface area contributed by atoms with E-state index in [-0.39, 0.29) is 6.04 Å². The third kappa shape index (κ3) is 2.45. The Morgan fingerprint density at radius 3 is 3.00 bits per heavy atom. The summed E-state index contributed by atoms with van der Waals surface area (Å²) in [5.41, 5.74) is 0. The maximum atomic E-state index is 10.7. The van der Waals surface area contributed by atoms with Crippen LogP contribution in [0.1, 0.15) is 25.7 Å². The summed E-state index contributed by atoms with van der Waals surface area (Å²) in [6.07, 6.45) is 7.47. The predicted molar refractivity (Wildman–Crippen MR) is 50.1 cm³/mol. The highest BCUT2D eigenvalue weighted by Gasteiger charge is 2.20. The van der Waals surface area contributed by atoms with Gasteiger partial charge in [-0.25, -0.2) is 0 Å². The first-order chi connectivity index (χ1) is 5.88. The Bertz CT molecular complexity index is 156. The third-order valence-electron chi connectivity index (χ3n) is 2.44. The van der Waals surface area contributed by atoms with Gasteiger partial charge in [-0.2, -0.15) is 0 Å². The molecule has 0 radical (unpaired) electrons.